The van der Waals surface area contributed by atoms with Crippen LogP contribution in [-0.4, -0.2) is 36.3 Å². The number of rotatable bonds is 5. The molecular weight excluding hydrogens is 327 g/mol. The lowest BCUT2D eigenvalue weighted by Gasteiger charge is -2.14. The average molecular weight is 346 g/mol. The molecule has 1 aliphatic heterocycles. The molecule has 6 nitrogen and oxygen atoms in total. The van der Waals surface area contributed by atoms with E-state index in [-0.39, 0.29) is 35.5 Å². The minimum atomic E-state index is -0.527. The predicted octanol–water partition coefficient (Wildman–Crippen LogP) is 2.37. The maximum atomic E-state index is 12.9. The first-order valence-corrected chi connectivity index (χ1v) is 7.96. The van der Waals surface area contributed by atoms with Crippen LogP contribution in [0.3, 0.4) is 0 Å². The van der Waals surface area contributed by atoms with Gasteiger partial charge < -0.3 is 19.9 Å². The number of hydrogen-bond acceptors (Lipinski definition) is 5. The van der Waals surface area contributed by atoms with E-state index in [4.69, 9.17) is 9.47 Å². The molecular formula is C18H19FN2O4. The summed E-state index contributed by atoms with van der Waals surface area (Å²) in [5.74, 6) is -0.907. The van der Waals surface area contributed by atoms with Gasteiger partial charge in [-0.3, -0.25) is 4.79 Å². The highest BCUT2D eigenvalue weighted by molar-refractivity contribution is 5.95. The zero-order chi connectivity index (χ0) is 17.8. The molecule has 2 N–H and O–H groups in total. The van der Waals surface area contributed by atoms with Gasteiger partial charge in [0.1, 0.15) is 5.82 Å². The van der Waals surface area contributed by atoms with Crippen LogP contribution < -0.4 is 10.1 Å². The molecule has 25 heavy (non-hydrogen) atoms. The maximum Gasteiger partial charge on any atom is 0.274 e. The topological polar surface area (TPSA) is 80.7 Å². The lowest BCUT2D eigenvalue weighted by atomic mass is 10.0. The number of aromatic hydroxyl groups is 1. The van der Waals surface area contributed by atoms with Crippen LogP contribution in [0.2, 0.25) is 0 Å². The molecule has 2 aromatic rings. The summed E-state index contributed by atoms with van der Waals surface area (Å²) in [6.45, 7) is 1.36. The van der Waals surface area contributed by atoms with Crippen LogP contribution in [0.4, 0.5) is 4.39 Å². The first-order chi connectivity index (χ1) is 12.1. The predicted molar refractivity (Wildman–Crippen MR) is 88.2 cm³/mol. The fourth-order valence-electron chi connectivity index (χ4n) is 2.69. The van der Waals surface area contributed by atoms with Crippen LogP contribution in [0.1, 0.15) is 34.1 Å². The van der Waals surface area contributed by atoms with Crippen LogP contribution in [-0.2, 0) is 11.3 Å². The molecule has 7 heteroatoms. The summed E-state index contributed by atoms with van der Waals surface area (Å²) < 4.78 is 23.4. The molecule has 1 unspecified atom stereocenters. The number of hydrogen-bond donors (Lipinski definition) is 2. The molecule has 1 fully saturated rings. The highest BCUT2D eigenvalue weighted by Crippen LogP contribution is 2.34. The SMILES string of the molecule is COc1cc(C2CCOC2)nc(C(=O)NCc2ccc(F)cc2)c1O. The number of carbonyl (C=O) groups is 1. The van der Waals surface area contributed by atoms with E-state index in [0.29, 0.717) is 18.9 Å². The van der Waals surface area contributed by atoms with E-state index in [1.807, 2.05) is 0 Å². The molecule has 132 valence electrons. The van der Waals surface area contributed by atoms with Gasteiger partial charge in [0.15, 0.2) is 17.2 Å². The molecule has 0 aliphatic carbocycles. The number of halogens is 1. The Hall–Kier alpha value is -2.67. The first kappa shape index (κ1) is 17.2. The third-order valence-corrected chi connectivity index (χ3v) is 4.13. The van der Waals surface area contributed by atoms with Crippen LogP contribution in [0, 0.1) is 5.82 Å². The summed E-state index contributed by atoms with van der Waals surface area (Å²) in [5.41, 5.74) is 1.30. The quantitative estimate of drug-likeness (QED) is 0.869. The van der Waals surface area contributed by atoms with Crippen molar-refractivity contribution in [2.75, 3.05) is 20.3 Å². The fourth-order valence-corrected chi connectivity index (χ4v) is 2.69. The smallest absolute Gasteiger partial charge is 0.274 e. The van der Waals surface area contributed by atoms with Crippen molar-refractivity contribution in [3.63, 3.8) is 0 Å². The second-order valence-corrected chi connectivity index (χ2v) is 5.82. The van der Waals surface area contributed by atoms with E-state index in [9.17, 15) is 14.3 Å². The number of aromatic nitrogens is 1. The monoisotopic (exact) mass is 346 g/mol. The van der Waals surface area contributed by atoms with E-state index in [1.165, 1.54) is 19.2 Å². The zero-order valence-corrected chi connectivity index (χ0v) is 13.8. The van der Waals surface area contributed by atoms with E-state index < -0.39 is 5.91 Å². The second kappa shape index (κ2) is 7.48. The lowest BCUT2D eigenvalue weighted by Crippen LogP contribution is -2.24. The molecule has 1 aromatic heterocycles. The Balaban J connectivity index is 1.80. The van der Waals surface area contributed by atoms with Gasteiger partial charge in [0.2, 0.25) is 0 Å². The Bertz CT molecular complexity index is 758. The van der Waals surface area contributed by atoms with Crippen molar-refractivity contribution in [3.05, 3.63) is 53.1 Å². The first-order valence-electron chi connectivity index (χ1n) is 7.96. The van der Waals surface area contributed by atoms with E-state index >= 15 is 0 Å². The van der Waals surface area contributed by atoms with Gasteiger partial charge in [-0.2, -0.15) is 0 Å². The van der Waals surface area contributed by atoms with Crippen LogP contribution in [0.25, 0.3) is 0 Å². The van der Waals surface area contributed by atoms with Crippen molar-refractivity contribution < 1.29 is 23.8 Å². The highest BCUT2D eigenvalue weighted by atomic mass is 19.1. The molecule has 0 saturated carbocycles. The van der Waals surface area contributed by atoms with Gasteiger partial charge in [-0.25, -0.2) is 9.37 Å². The third kappa shape index (κ3) is 3.88. The number of carbonyl (C=O) groups excluding carboxylic acids is 1. The normalized spacial score (nSPS) is 16.6. The molecule has 1 aliphatic rings. The summed E-state index contributed by atoms with van der Waals surface area (Å²) in [5, 5.41) is 12.9. The number of pyridine rings is 1. The Labute approximate surface area is 144 Å². The molecule has 1 amide bonds. The number of benzene rings is 1. The molecule has 1 aromatic carbocycles. The molecule has 1 saturated heterocycles. The van der Waals surface area contributed by atoms with Gasteiger partial charge in [-0.15, -0.1) is 0 Å². The van der Waals surface area contributed by atoms with Crippen molar-refractivity contribution in [1.82, 2.24) is 10.3 Å². The zero-order valence-electron chi connectivity index (χ0n) is 13.8. The van der Waals surface area contributed by atoms with E-state index in [2.05, 4.69) is 10.3 Å². The molecule has 3 rings (SSSR count). The van der Waals surface area contributed by atoms with Crippen LogP contribution in [0.15, 0.2) is 30.3 Å². The van der Waals surface area contributed by atoms with E-state index in [0.717, 1.165) is 12.0 Å². The molecule has 2 heterocycles. The number of ether oxygens (including phenoxy) is 2. The minimum absolute atomic E-state index is 0.0677. The second-order valence-electron chi connectivity index (χ2n) is 5.82. The van der Waals surface area contributed by atoms with Crippen molar-refractivity contribution in [2.24, 2.45) is 0 Å². The molecule has 0 bridgehead atoms. The van der Waals surface area contributed by atoms with Crippen molar-refractivity contribution in [3.8, 4) is 11.5 Å². The summed E-state index contributed by atoms with van der Waals surface area (Å²) in [6, 6.07) is 7.43. The van der Waals surface area contributed by atoms with Gasteiger partial charge in [0.25, 0.3) is 5.91 Å². The lowest BCUT2D eigenvalue weighted by molar-refractivity contribution is 0.0941. The Morgan fingerprint density at radius 3 is 2.84 bits per heavy atom. The highest BCUT2D eigenvalue weighted by Gasteiger charge is 2.25. The maximum absolute atomic E-state index is 12.9. The molecule has 0 spiro atoms. The fraction of sp³-hybridized carbons (Fsp3) is 0.333. The van der Waals surface area contributed by atoms with Crippen molar-refractivity contribution >= 4 is 5.91 Å². The largest absolute Gasteiger partial charge is 0.503 e. The summed E-state index contributed by atoms with van der Waals surface area (Å²) in [7, 11) is 1.42. The van der Waals surface area contributed by atoms with Gasteiger partial charge in [-0.1, -0.05) is 12.1 Å². The number of amides is 1. The van der Waals surface area contributed by atoms with E-state index in [1.54, 1.807) is 18.2 Å². The van der Waals surface area contributed by atoms with Gasteiger partial charge in [0.05, 0.1) is 19.4 Å². The van der Waals surface area contributed by atoms with Crippen LogP contribution in [0.5, 0.6) is 11.5 Å². The Kier molecular flexibility index (Phi) is 5.14. The summed E-state index contributed by atoms with van der Waals surface area (Å²) in [6.07, 6.45) is 0.803. The number of methoxy groups -OCH3 is 1. The van der Waals surface area contributed by atoms with Gasteiger partial charge in [0, 0.05) is 25.1 Å². The molecule has 1 atom stereocenters. The minimum Gasteiger partial charge on any atom is -0.503 e. The van der Waals surface area contributed by atoms with Gasteiger partial charge >= 0.3 is 0 Å². The standard InChI is InChI=1S/C18H19FN2O4/c1-24-15-8-14(12-6-7-25-10-12)21-16(17(15)22)18(23)20-9-11-2-4-13(19)5-3-11/h2-5,8,12,22H,6-7,9-10H2,1H3,(H,20,23). The Morgan fingerprint density at radius 2 is 2.20 bits per heavy atom. The third-order valence-electron chi connectivity index (χ3n) is 4.13. The summed E-state index contributed by atoms with van der Waals surface area (Å²) >= 11 is 0. The molecule has 0 radical (unpaired) electrons. The number of nitrogens with zero attached hydrogens (tertiary/aromatic N) is 1. The summed E-state index contributed by atoms with van der Waals surface area (Å²) in [4.78, 5) is 16.8. The van der Waals surface area contributed by atoms with Crippen molar-refractivity contribution in [2.45, 2.75) is 18.9 Å². The van der Waals surface area contributed by atoms with Crippen LogP contribution >= 0.6 is 0 Å². The van der Waals surface area contributed by atoms with Gasteiger partial charge in [-0.05, 0) is 24.1 Å². The number of nitrogens with one attached hydrogen (secondary N) is 1. The average Bonchev–Trinajstić information content (AvgIpc) is 3.16. The van der Waals surface area contributed by atoms with Crippen molar-refractivity contribution in [1.29, 1.82) is 0 Å². The Morgan fingerprint density at radius 1 is 1.44 bits per heavy atom.